The predicted octanol–water partition coefficient (Wildman–Crippen LogP) is 4.17. The number of nitriles is 1. The van der Waals surface area contributed by atoms with Crippen molar-refractivity contribution < 1.29 is 4.79 Å². The Balaban J connectivity index is 2.11. The number of carbonyl (C=O) groups excluding carboxylic acids is 1. The minimum Gasteiger partial charge on any atom is -0.347 e. The van der Waals surface area contributed by atoms with Gasteiger partial charge in [0.1, 0.15) is 4.99 Å². The van der Waals surface area contributed by atoms with E-state index in [0.29, 0.717) is 16.4 Å². The van der Waals surface area contributed by atoms with Gasteiger partial charge in [0.05, 0.1) is 16.8 Å². The Kier molecular flexibility index (Phi) is 5.69. The molecule has 0 saturated carbocycles. The molecule has 2 aromatic carbocycles. The number of nitrogens with zero attached hydrogens (tertiary/aromatic N) is 1. The van der Waals surface area contributed by atoms with Crippen molar-refractivity contribution in [3.05, 3.63) is 59.1 Å². The van der Waals surface area contributed by atoms with E-state index < -0.39 is 11.8 Å². The lowest BCUT2D eigenvalue weighted by molar-refractivity contribution is -0.116. The summed E-state index contributed by atoms with van der Waals surface area (Å²) in [4.78, 5) is 12.4. The number of hydrogen-bond donors (Lipinski definition) is 2. The van der Waals surface area contributed by atoms with E-state index in [-0.39, 0.29) is 4.99 Å². The normalized spacial score (nSPS) is 11.2. The van der Waals surface area contributed by atoms with Crippen molar-refractivity contribution in [1.82, 2.24) is 0 Å². The molecular formula is C17H14ClN3OS. The lowest BCUT2D eigenvalue weighted by Crippen LogP contribution is -2.31. The summed E-state index contributed by atoms with van der Waals surface area (Å²) in [7, 11) is 0. The number of benzene rings is 2. The second-order valence-electron chi connectivity index (χ2n) is 4.84. The van der Waals surface area contributed by atoms with Crippen molar-refractivity contribution in [1.29, 1.82) is 5.26 Å². The van der Waals surface area contributed by atoms with Crippen LogP contribution in [0.1, 0.15) is 5.56 Å². The smallest absolute Gasteiger partial charge is 0.248 e. The number of halogens is 1. The molecule has 0 fully saturated rings. The molecule has 0 saturated heterocycles. The number of anilines is 2. The van der Waals surface area contributed by atoms with E-state index in [1.165, 1.54) is 0 Å². The molecule has 0 aromatic heterocycles. The summed E-state index contributed by atoms with van der Waals surface area (Å²) >= 11 is 11.2. The van der Waals surface area contributed by atoms with Crippen LogP contribution in [0.5, 0.6) is 0 Å². The molecule has 0 unspecified atom stereocenters. The molecule has 6 heteroatoms. The SMILES string of the molecule is Cc1ccccc1NC(=O)[C@@H](C#N)C(=S)Nc1ccccc1Cl. The quantitative estimate of drug-likeness (QED) is 0.818. The molecule has 2 rings (SSSR count). The lowest BCUT2D eigenvalue weighted by atomic mass is 10.1. The molecule has 0 aliphatic heterocycles. The third-order valence-electron chi connectivity index (χ3n) is 3.19. The molecule has 0 heterocycles. The molecule has 1 atom stereocenters. The van der Waals surface area contributed by atoms with E-state index >= 15 is 0 Å². The zero-order valence-electron chi connectivity index (χ0n) is 12.3. The minimum absolute atomic E-state index is 0.103. The van der Waals surface area contributed by atoms with Gasteiger partial charge in [0, 0.05) is 5.69 Å². The van der Waals surface area contributed by atoms with Gasteiger partial charge in [-0.25, -0.2) is 0 Å². The van der Waals surface area contributed by atoms with Crippen molar-refractivity contribution in [3.8, 4) is 6.07 Å². The molecular weight excluding hydrogens is 330 g/mol. The molecule has 2 N–H and O–H groups in total. The van der Waals surface area contributed by atoms with Gasteiger partial charge in [-0.05, 0) is 30.7 Å². The van der Waals surface area contributed by atoms with E-state index in [1.54, 1.807) is 30.3 Å². The first-order chi connectivity index (χ1) is 11.0. The summed E-state index contributed by atoms with van der Waals surface area (Å²) in [6.07, 6.45) is 0. The highest BCUT2D eigenvalue weighted by atomic mass is 35.5. The number of rotatable bonds is 4. The van der Waals surface area contributed by atoms with Gasteiger partial charge in [-0.15, -0.1) is 0 Å². The fourth-order valence-corrected chi connectivity index (χ4v) is 2.37. The third kappa shape index (κ3) is 4.28. The molecule has 2 aromatic rings. The van der Waals surface area contributed by atoms with Crippen LogP contribution in [0, 0.1) is 24.2 Å². The van der Waals surface area contributed by atoms with E-state index in [9.17, 15) is 10.1 Å². The molecule has 0 radical (unpaired) electrons. The molecule has 23 heavy (non-hydrogen) atoms. The van der Waals surface area contributed by atoms with E-state index in [4.69, 9.17) is 23.8 Å². The van der Waals surface area contributed by atoms with E-state index in [1.807, 2.05) is 31.2 Å². The van der Waals surface area contributed by atoms with E-state index in [2.05, 4.69) is 10.6 Å². The average molecular weight is 344 g/mol. The number of thiocarbonyl (C=S) groups is 1. The van der Waals surface area contributed by atoms with E-state index in [0.717, 1.165) is 5.56 Å². The van der Waals surface area contributed by atoms with Crippen molar-refractivity contribution in [3.63, 3.8) is 0 Å². The first-order valence-corrected chi connectivity index (χ1v) is 7.63. The number of hydrogen-bond acceptors (Lipinski definition) is 3. The van der Waals surface area contributed by atoms with Crippen LogP contribution < -0.4 is 10.6 Å². The summed E-state index contributed by atoms with van der Waals surface area (Å²) in [5, 5.41) is 15.3. The van der Waals surface area contributed by atoms with Gasteiger partial charge in [-0.2, -0.15) is 5.26 Å². The fraction of sp³-hybridized carbons (Fsp3) is 0.118. The summed E-state index contributed by atoms with van der Waals surface area (Å²) in [6.45, 7) is 1.87. The van der Waals surface area contributed by atoms with Crippen molar-refractivity contribution in [2.45, 2.75) is 6.92 Å². The Hall–Kier alpha value is -2.42. The number of aryl methyl sites for hydroxylation is 1. The molecule has 0 aliphatic carbocycles. The van der Waals surface area contributed by atoms with Crippen LogP contribution in [0.15, 0.2) is 48.5 Å². The summed E-state index contributed by atoms with van der Waals surface area (Å²) in [5.41, 5.74) is 2.11. The number of nitrogens with one attached hydrogen (secondary N) is 2. The number of para-hydroxylation sites is 2. The van der Waals surface area contributed by atoms with Crippen LogP contribution in [0.4, 0.5) is 11.4 Å². The van der Waals surface area contributed by atoms with Crippen LogP contribution in [0.25, 0.3) is 0 Å². The van der Waals surface area contributed by atoms with Gasteiger partial charge < -0.3 is 10.6 Å². The Bertz CT molecular complexity index is 726. The topological polar surface area (TPSA) is 64.9 Å². The van der Waals surface area contributed by atoms with Gasteiger partial charge in [0.2, 0.25) is 5.91 Å². The average Bonchev–Trinajstić information content (AvgIpc) is 2.52. The second kappa shape index (κ2) is 7.73. The molecule has 0 bridgehead atoms. The summed E-state index contributed by atoms with van der Waals surface area (Å²) < 4.78 is 0. The zero-order valence-corrected chi connectivity index (χ0v) is 13.9. The molecule has 0 spiro atoms. The van der Waals surface area contributed by atoms with Crippen LogP contribution in [-0.4, -0.2) is 10.9 Å². The Morgan fingerprint density at radius 3 is 2.35 bits per heavy atom. The summed E-state index contributed by atoms with van der Waals surface area (Å²) in [6, 6.07) is 16.2. The maximum atomic E-state index is 12.3. The van der Waals surface area contributed by atoms with Gasteiger partial charge >= 0.3 is 0 Å². The third-order valence-corrected chi connectivity index (χ3v) is 3.86. The molecule has 1 amide bonds. The van der Waals surface area contributed by atoms with Gasteiger partial charge in [0.25, 0.3) is 0 Å². The standard InChI is InChI=1S/C17H14ClN3OS/c1-11-6-2-4-8-14(11)20-16(22)12(10-19)17(23)21-15-9-5-3-7-13(15)18/h2-9,12H,1H3,(H,20,22)(H,21,23)/t12-/m1/s1. The van der Waals surface area contributed by atoms with Crippen LogP contribution in [-0.2, 0) is 4.79 Å². The minimum atomic E-state index is -1.11. The highest BCUT2D eigenvalue weighted by Crippen LogP contribution is 2.22. The number of amides is 1. The number of carbonyl (C=O) groups is 1. The zero-order chi connectivity index (χ0) is 16.8. The molecule has 116 valence electrons. The maximum absolute atomic E-state index is 12.3. The highest BCUT2D eigenvalue weighted by molar-refractivity contribution is 7.80. The highest BCUT2D eigenvalue weighted by Gasteiger charge is 2.24. The van der Waals surface area contributed by atoms with Gasteiger partial charge in [-0.3, -0.25) is 4.79 Å². The Labute approximate surface area is 145 Å². The maximum Gasteiger partial charge on any atom is 0.248 e. The van der Waals surface area contributed by atoms with Crippen LogP contribution >= 0.6 is 23.8 Å². The fourth-order valence-electron chi connectivity index (χ4n) is 1.92. The lowest BCUT2D eigenvalue weighted by Gasteiger charge is -2.15. The summed E-state index contributed by atoms with van der Waals surface area (Å²) in [5.74, 6) is -1.59. The monoisotopic (exact) mass is 343 g/mol. The molecule has 4 nitrogen and oxygen atoms in total. The second-order valence-corrected chi connectivity index (χ2v) is 5.68. The van der Waals surface area contributed by atoms with Crippen LogP contribution in [0.3, 0.4) is 0 Å². The first kappa shape index (κ1) is 16.9. The van der Waals surface area contributed by atoms with Crippen molar-refractivity contribution in [2.24, 2.45) is 5.92 Å². The van der Waals surface area contributed by atoms with Crippen LogP contribution in [0.2, 0.25) is 5.02 Å². The van der Waals surface area contributed by atoms with Crippen molar-refractivity contribution >= 4 is 46.1 Å². The Morgan fingerprint density at radius 1 is 1.13 bits per heavy atom. The van der Waals surface area contributed by atoms with Crippen molar-refractivity contribution in [2.75, 3.05) is 10.6 Å². The van der Waals surface area contributed by atoms with Gasteiger partial charge in [0.15, 0.2) is 5.92 Å². The Morgan fingerprint density at radius 2 is 1.74 bits per heavy atom. The van der Waals surface area contributed by atoms with Gasteiger partial charge in [-0.1, -0.05) is 54.2 Å². The molecule has 0 aliphatic rings. The largest absolute Gasteiger partial charge is 0.347 e. The first-order valence-electron chi connectivity index (χ1n) is 6.84. The predicted molar refractivity (Wildman–Crippen MR) is 96.6 cm³/mol.